The number of amides is 1. The molecule has 0 bridgehead atoms. The first kappa shape index (κ1) is 21.2. The lowest BCUT2D eigenvalue weighted by Gasteiger charge is -2.36. The van der Waals surface area contributed by atoms with E-state index in [-0.39, 0.29) is 42.8 Å². The summed E-state index contributed by atoms with van der Waals surface area (Å²) in [5, 5.41) is 8.80. The molecule has 2 unspecified atom stereocenters. The van der Waals surface area contributed by atoms with Crippen molar-refractivity contribution in [1.82, 2.24) is 19.7 Å². The van der Waals surface area contributed by atoms with Crippen LogP contribution in [0, 0.1) is 0 Å². The fourth-order valence-corrected chi connectivity index (χ4v) is 3.57. The Bertz CT molecular complexity index is 535. The van der Waals surface area contributed by atoms with Gasteiger partial charge in [0.25, 0.3) is 0 Å². The van der Waals surface area contributed by atoms with Crippen molar-refractivity contribution >= 4 is 30.7 Å². The third-order valence-corrected chi connectivity index (χ3v) is 4.82. The number of aromatic nitrogens is 3. The van der Waals surface area contributed by atoms with Crippen LogP contribution in [0.25, 0.3) is 0 Å². The molecule has 6 nitrogen and oxygen atoms in total. The second-order valence-electron chi connectivity index (χ2n) is 6.70. The second kappa shape index (κ2) is 9.59. The van der Waals surface area contributed by atoms with Crippen molar-refractivity contribution in [3.63, 3.8) is 0 Å². The summed E-state index contributed by atoms with van der Waals surface area (Å²) in [6.45, 7) is 3.79. The molecule has 0 aliphatic carbocycles. The quantitative estimate of drug-likeness (QED) is 0.874. The highest BCUT2D eigenvalue weighted by atomic mass is 35.5. The average molecular weight is 378 g/mol. The van der Waals surface area contributed by atoms with Crippen LogP contribution in [0.4, 0.5) is 0 Å². The zero-order valence-electron chi connectivity index (χ0n) is 14.3. The van der Waals surface area contributed by atoms with E-state index in [0.29, 0.717) is 6.42 Å². The molecule has 138 valence electrons. The number of piperidine rings is 1. The summed E-state index contributed by atoms with van der Waals surface area (Å²) in [6, 6.07) is 0.182. The molecule has 2 aliphatic heterocycles. The molecule has 0 aromatic carbocycles. The van der Waals surface area contributed by atoms with Gasteiger partial charge >= 0.3 is 0 Å². The second-order valence-corrected chi connectivity index (χ2v) is 6.70. The van der Waals surface area contributed by atoms with Crippen LogP contribution in [0.1, 0.15) is 69.6 Å². The molecule has 3 heterocycles. The molecule has 3 rings (SSSR count). The molecule has 8 heteroatoms. The van der Waals surface area contributed by atoms with Crippen LogP contribution in [-0.2, 0) is 17.8 Å². The first-order valence-corrected chi connectivity index (χ1v) is 8.64. The van der Waals surface area contributed by atoms with Crippen LogP contribution in [0.3, 0.4) is 0 Å². The molecule has 24 heavy (non-hydrogen) atoms. The molecule has 0 spiro atoms. The van der Waals surface area contributed by atoms with Crippen LogP contribution in [0.2, 0.25) is 0 Å². The molecular weight excluding hydrogens is 349 g/mol. The third-order valence-electron chi connectivity index (χ3n) is 4.82. The standard InChI is InChI=1S/C16H27N5O.2ClH/c1-12(17)8-9-15(22)20-10-4-2-6-13(20)16-19-18-14-7-3-5-11-21(14)16;;/h12-13H,2-11,17H2,1H3;2*1H. The molecule has 1 saturated heterocycles. The lowest BCUT2D eigenvalue weighted by atomic mass is 9.99. The van der Waals surface area contributed by atoms with Crippen molar-refractivity contribution < 1.29 is 4.79 Å². The average Bonchev–Trinajstić information content (AvgIpc) is 2.96. The normalized spacial score (nSPS) is 21.2. The molecule has 0 radical (unpaired) electrons. The van der Waals surface area contributed by atoms with Crippen molar-refractivity contribution in [3.05, 3.63) is 11.6 Å². The smallest absolute Gasteiger partial charge is 0.223 e. The number of carbonyl (C=O) groups is 1. The fourth-order valence-electron chi connectivity index (χ4n) is 3.57. The summed E-state index contributed by atoms with van der Waals surface area (Å²) in [7, 11) is 0. The monoisotopic (exact) mass is 377 g/mol. The van der Waals surface area contributed by atoms with Gasteiger partial charge in [-0.3, -0.25) is 4.79 Å². The Morgan fingerprint density at radius 3 is 2.71 bits per heavy atom. The Morgan fingerprint density at radius 2 is 1.96 bits per heavy atom. The maximum atomic E-state index is 12.6. The lowest BCUT2D eigenvalue weighted by molar-refractivity contribution is -0.135. The van der Waals surface area contributed by atoms with Crippen LogP contribution >= 0.6 is 24.8 Å². The topological polar surface area (TPSA) is 77.0 Å². The zero-order valence-corrected chi connectivity index (χ0v) is 15.9. The van der Waals surface area contributed by atoms with Crippen molar-refractivity contribution in [2.45, 2.75) is 76.9 Å². The molecule has 0 saturated carbocycles. The van der Waals surface area contributed by atoms with Gasteiger partial charge in [0, 0.05) is 32.0 Å². The van der Waals surface area contributed by atoms with Gasteiger partial charge in [-0.1, -0.05) is 0 Å². The Morgan fingerprint density at radius 1 is 1.21 bits per heavy atom. The Kier molecular flexibility index (Phi) is 8.46. The maximum Gasteiger partial charge on any atom is 0.223 e. The Balaban J connectivity index is 0.00000144. The van der Waals surface area contributed by atoms with E-state index in [2.05, 4.69) is 14.8 Å². The van der Waals surface area contributed by atoms with Gasteiger partial charge in [-0.15, -0.1) is 35.0 Å². The first-order chi connectivity index (χ1) is 10.7. The van der Waals surface area contributed by atoms with E-state index in [1.54, 1.807) is 0 Å². The van der Waals surface area contributed by atoms with E-state index < -0.39 is 0 Å². The van der Waals surface area contributed by atoms with Crippen molar-refractivity contribution in [3.8, 4) is 0 Å². The number of rotatable bonds is 4. The first-order valence-electron chi connectivity index (χ1n) is 8.64. The number of halogens is 2. The molecule has 2 aliphatic rings. The summed E-state index contributed by atoms with van der Waals surface area (Å²) in [6.07, 6.45) is 7.92. The molecule has 1 aromatic heterocycles. The largest absolute Gasteiger partial charge is 0.332 e. The summed E-state index contributed by atoms with van der Waals surface area (Å²) in [4.78, 5) is 14.6. The number of hydrogen-bond acceptors (Lipinski definition) is 4. The SMILES string of the molecule is CC(N)CCC(=O)N1CCCCC1c1nnc2n1CCCC2.Cl.Cl. The van der Waals surface area contributed by atoms with Crippen molar-refractivity contribution in [2.24, 2.45) is 5.73 Å². The van der Waals surface area contributed by atoms with Crippen LogP contribution in [0.15, 0.2) is 0 Å². The Labute approximate surface area is 156 Å². The molecule has 1 fully saturated rings. The minimum absolute atomic E-state index is 0. The van der Waals surface area contributed by atoms with Gasteiger partial charge in [-0.2, -0.15) is 0 Å². The van der Waals surface area contributed by atoms with E-state index in [1.807, 2.05) is 11.8 Å². The zero-order chi connectivity index (χ0) is 15.5. The van der Waals surface area contributed by atoms with Gasteiger partial charge in [0.2, 0.25) is 5.91 Å². The third kappa shape index (κ3) is 4.61. The Hall–Kier alpha value is -0.850. The maximum absolute atomic E-state index is 12.6. The predicted molar refractivity (Wildman–Crippen MR) is 98.6 cm³/mol. The molecule has 2 N–H and O–H groups in total. The highest BCUT2D eigenvalue weighted by molar-refractivity contribution is 5.85. The van der Waals surface area contributed by atoms with Gasteiger partial charge in [-0.05, 0) is 45.4 Å². The van der Waals surface area contributed by atoms with Crippen LogP contribution in [0.5, 0.6) is 0 Å². The van der Waals surface area contributed by atoms with E-state index >= 15 is 0 Å². The number of nitrogens with two attached hydrogens (primary N) is 1. The number of hydrogen-bond donors (Lipinski definition) is 1. The number of nitrogens with zero attached hydrogens (tertiary/aromatic N) is 4. The summed E-state index contributed by atoms with van der Waals surface area (Å²) < 4.78 is 2.26. The fraction of sp³-hybridized carbons (Fsp3) is 0.812. The highest BCUT2D eigenvalue weighted by Gasteiger charge is 2.32. The van der Waals surface area contributed by atoms with Crippen LogP contribution in [-0.4, -0.2) is 38.2 Å². The number of likely N-dealkylation sites (tertiary alicyclic amines) is 1. The van der Waals surface area contributed by atoms with Gasteiger partial charge in [0.15, 0.2) is 5.82 Å². The summed E-state index contributed by atoms with van der Waals surface area (Å²) in [5.74, 6) is 2.31. The number of carbonyl (C=O) groups excluding carboxylic acids is 1. The van der Waals surface area contributed by atoms with Gasteiger partial charge in [-0.25, -0.2) is 0 Å². The van der Waals surface area contributed by atoms with Crippen molar-refractivity contribution in [1.29, 1.82) is 0 Å². The van der Waals surface area contributed by atoms with Gasteiger partial charge in [0.05, 0.1) is 6.04 Å². The highest BCUT2D eigenvalue weighted by Crippen LogP contribution is 2.32. The van der Waals surface area contributed by atoms with E-state index in [4.69, 9.17) is 5.73 Å². The minimum atomic E-state index is 0. The molecule has 1 amide bonds. The van der Waals surface area contributed by atoms with E-state index in [9.17, 15) is 4.79 Å². The summed E-state index contributed by atoms with van der Waals surface area (Å²) >= 11 is 0. The van der Waals surface area contributed by atoms with Gasteiger partial charge in [0.1, 0.15) is 5.82 Å². The molecular formula is C16H29Cl2N5O. The number of fused-ring (bicyclic) bond motifs is 1. The lowest BCUT2D eigenvalue weighted by Crippen LogP contribution is -2.40. The van der Waals surface area contributed by atoms with Gasteiger partial charge < -0.3 is 15.2 Å². The molecule has 1 aromatic rings. The number of aryl methyl sites for hydroxylation is 1. The van der Waals surface area contributed by atoms with Crippen LogP contribution < -0.4 is 5.73 Å². The van der Waals surface area contributed by atoms with Crippen molar-refractivity contribution in [2.75, 3.05) is 6.54 Å². The minimum Gasteiger partial charge on any atom is -0.332 e. The predicted octanol–water partition coefficient (Wildman–Crippen LogP) is 2.64. The summed E-state index contributed by atoms with van der Waals surface area (Å²) in [5.41, 5.74) is 5.79. The molecule has 2 atom stereocenters. The van der Waals surface area contributed by atoms with E-state index in [1.165, 1.54) is 12.8 Å². The van der Waals surface area contributed by atoms with E-state index in [0.717, 1.165) is 56.8 Å².